The summed E-state index contributed by atoms with van der Waals surface area (Å²) in [5.74, 6) is -1.41. The van der Waals surface area contributed by atoms with E-state index in [4.69, 9.17) is 0 Å². The third-order valence-corrected chi connectivity index (χ3v) is 2.87. The van der Waals surface area contributed by atoms with Crippen molar-refractivity contribution in [1.82, 2.24) is 4.98 Å². The largest absolute Gasteiger partial charge is 0.466 e. The van der Waals surface area contributed by atoms with E-state index < -0.39 is 11.9 Å². The summed E-state index contributed by atoms with van der Waals surface area (Å²) in [6.45, 7) is 0. The molecule has 1 aromatic heterocycles. The molecule has 2 aromatic rings. The minimum Gasteiger partial charge on any atom is -0.466 e. The van der Waals surface area contributed by atoms with Crippen molar-refractivity contribution < 1.29 is 19.1 Å². The first-order valence-corrected chi connectivity index (χ1v) is 6.31. The van der Waals surface area contributed by atoms with Gasteiger partial charge in [0, 0.05) is 11.8 Å². The van der Waals surface area contributed by atoms with Gasteiger partial charge in [-0.05, 0) is 23.6 Å². The third-order valence-electron chi connectivity index (χ3n) is 2.87. The first kappa shape index (κ1) is 15.3. The number of benzene rings is 1. The van der Waals surface area contributed by atoms with Gasteiger partial charge >= 0.3 is 11.9 Å². The van der Waals surface area contributed by atoms with E-state index in [0.717, 1.165) is 11.5 Å². The SMILES string of the molecule is COC(=O)/C=C(/Nc1ccc2ccc(=O)[nH]c2c1)C(=O)OC. The standard InChI is InChI=1S/C15H14N2O5/c1-21-14(19)8-12(15(20)22-2)16-10-5-3-9-4-6-13(18)17-11(9)7-10/h3-8,16H,1-2H3,(H,17,18)/b12-8+. The van der Waals surface area contributed by atoms with Crippen molar-refractivity contribution in [2.75, 3.05) is 19.5 Å². The number of rotatable bonds is 4. The van der Waals surface area contributed by atoms with Gasteiger partial charge in [-0.15, -0.1) is 0 Å². The normalized spacial score (nSPS) is 11.1. The summed E-state index contributed by atoms with van der Waals surface area (Å²) in [7, 11) is 2.40. The lowest BCUT2D eigenvalue weighted by Gasteiger charge is -2.09. The van der Waals surface area contributed by atoms with Gasteiger partial charge in [-0.1, -0.05) is 6.07 Å². The summed E-state index contributed by atoms with van der Waals surface area (Å²) >= 11 is 0. The maximum absolute atomic E-state index is 11.7. The van der Waals surface area contributed by atoms with Crippen LogP contribution in [0.25, 0.3) is 10.9 Å². The van der Waals surface area contributed by atoms with Crippen LogP contribution in [-0.4, -0.2) is 31.1 Å². The van der Waals surface area contributed by atoms with Gasteiger partial charge in [-0.25, -0.2) is 9.59 Å². The van der Waals surface area contributed by atoms with Crippen LogP contribution in [0.1, 0.15) is 0 Å². The Hall–Kier alpha value is -3.09. The van der Waals surface area contributed by atoms with Crippen molar-refractivity contribution in [3.8, 4) is 0 Å². The molecule has 0 spiro atoms. The van der Waals surface area contributed by atoms with Gasteiger partial charge in [-0.2, -0.15) is 0 Å². The van der Waals surface area contributed by atoms with E-state index in [9.17, 15) is 14.4 Å². The fourth-order valence-electron chi connectivity index (χ4n) is 1.82. The topological polar surface area (TPSA) is 97.5 Å². The number of ether oxygens (including phenoxy) is 2. The Morgan fingerprint density at radius 1 is 1.14 bits per heavy atom. The zero-order chi connectivity index (χ0) is 16.1. The number of H-pyrrole nitrogens is 1. The lowest BCUT2D eigenvalue weighted by Crippen LogP contribution is -2.15. The number of carbonyl (C=O) groups is 2. The maximum Gasteiger partial charge on any atom is 0.354 e. The van der Waals surface area contributed by atoms with Crippen LogP contribution in [0.15, 0.2) is 46.9 Å². The molecule has 7 heteroatoms. The summed E-state index contributed by atoms with van der Waals surface area (Å²) in [6, 6.07) is 8.22. The zero-order valence-electron chi connectivity index (χ0n) is 12.0. The fraction of sp³-hybridized carbons (Fsp3) is 0.133. The molecule has 0 atom stereocenters. The lowest BCUT2D eigenvalue weighted by atomic mass is 10.2. The van der Waals surface area contributed by atoms with Crippen LogP contribution in [0.3, 0.4) is 0 Å². The molecule has 0 aliphatic heterocycles. The number of methoxy groups -OCH3 is 2. The zero-order valence-corrected chi connectivity index (χ0v) is 12.0. The van der Waals surface area contributed by atoms with Gasteiger partial charge in [-0.3, -0.25) is 4.79 Å². The van der Waals surface area contributed by atoms with E-state index in [1.54, 1.807) is 24.3 Å². The Morgan fingerprint density at radius 2 is 1.86 bits per heavy atom. The Kier molecular flexibility index (Phi) is 4.57. The number of aromatic nitrogens is 1. The van der Waals surface area contributed by atoms with Crippen LogP contribution in [0.2, 0.25) is 0 Å². The van der Waals surface area contributed by atoms with Crippen LogP contribution in [0.4, 0.5) is 5.69 Å². The molecule has 0 radical (unpaired) electrons. The van der Waals surface area contributed by atoms with E-state index in [2.05, 4.69) is 19.8 Å². The Bertz CT molecular complexity index is 807. The summed E-state index contributed by atoms with van der Waals surface area (Å²) in [5.41, 5.74) is 0.796. The molecule has 2 rings (SSSR count). The smallest absolute Gasteiger partial charge is 0.354 e. The minimum absolute atomic E-state index is 0.0769. The van der Waals surface area contributed by atoms with Crippen molar-refractivity contribution in [1.29, 1.82) is 0 Å². The molecule has 0 aliphatic rings. The molecule has 0 aliphatic carbocycles. The molecule has 1 aromatic carbocycles. The lowest BCUT2D eigenvalue weighted by molar-refractivity contribution is -0.138. The number of esters is 2. The van der Waals surface area contributed by atoms with E-state index >= 15 is 0 Å². The van der Waals surface area contributed by atoms with E-state index in [1.807, 2.05) is 0 Å². The minimum atomic E-state index is -0.716. The monoisotopic (exact) mass is 302 g/mol. The summed E-state index contributed by atoms with van der Waals surface area (Å²) < 4.78 is 9.09. The fourth-order valence-corrected chi connectivity index (χ4v) is 1.82. The molecular formula is C15H14N2O5. The molecule has 0 saturated heterocycles. The number of hydrogen-bond acceptors (Lipinski definition) is 6. The number of pyridine rings is 1. The van der Waals surface area contributed by atoms with Gasteiger partial charge in [0.25, 0.3) is 0 Å². The molecule has 0 fully saturated rings. The third kappa shape index (κ3) is 3.51. The Balaban J connectivity index is 2.37. The van der Waals surface area contributed by atoms with Crippen LogP contribution in [0.5, 0.6) is 0 Å². The van der Waals surface area contributed by atoms with E-state index in [1.165, 1.54) is 20.3 Å². The summed E-state index contributed by atoms with van der Waals surface area (Å²) in [4.78, 5) is 37.0. The number of aromatic amines is 1. The summed E-state index contributed by atoms with van der Waals surface area (Å²) in [6.07, 6.45) is 0.990. The van der Waals surface area contributed by atoms with Crippen molar-refractivity contribution in [3.63, 3.8) is 0 Å². The second-order valence-corrected chi connectivity index (χ2v) is 4.32. The first-order valence-electron chi connectivity index (χ1n) is 6.31. The summed E-state index contributed by atoms with van der Waals surface area (Å²) in [5, 5.41) is 3.61. The second-order valence-electron chi connectivity index (χ2n) is 4.32. The number of fused-ring (bicyclic) bond motifs is 1. The predicted octanol–water partition coefficient (Wildman–Crippen LogP) is 1.17. The highest BCUT2D eigenvalue weighted by atomic mass is 16.5. The average Bonchev–Trinajstić information content (AvgIpc) is 2.52. The van der Waals surface area contributed by atoms with Crippen molar-refractivity contribution in [2.24, 2.45) is 0 Å². The van der Waals surface area contributed by atoms with Crippen LogP contribution < -0.4 is 10.9 Å². The Morgan fingerprint density at radius 3 is 2.55 bits per heavy atom. The van der Waals surface area contributed by atoms with Crippen LogP contribution in [0, 0.1) is 0 Å². The molecule has 0 amide bonds. The van der Waals surface area contributed by atoms with Crippen molar-refractivity contribution in [2.45, 2.75) is 0 Å². The highest BCUT2D eigenvalue weighted by Crippen LogP contribution is 2.17. The van der Waals surface area contributed by atoms with Gasteiger partial charge in [0.05, 0.1) is 25.8 Å². The number of hydrogen-bond donors (Lipinski definition) is 2. The number of nitrogens with one attached hydrogen (secondary N) is 2. The van der Waals surface area contributed by atoms with Gasteiger partial charge in [0.2, 0.25) is 5.56 Å². The molecule has 0 saturated carbocycles. The Labute approximate surface area is 125 Å². The molecule has 2 N–H and O–H groups in total. The first-order chi connectivity index (χ1) is 10.5. The number of anilines is 1. The highest BCUT2D eigenvalue weighted by molar-refractivity contribution is 5.99. The van der Waals surface area contributed by atoms with Gasteiger partial charge in [0.15, 0.2) is 0 Å². The van der Waals surface area contributed by atoms with Gasteiger partial charge < -0.3 is 19.8 Å². The molecule has 114 valence electrons. The van der Waals surface area contributed by atoms with Gasteiger partial charge in [0.1, 0.15) is 5.70 Å². The second kappa shape index (κ2) is 6.57. The van der Waals surface area contributed by atoms with Crippen LogP contribution in [-0.2, 0) is 19.1 Å². The van der Waals surface area contributed by atoms with E-state index in [0.29, 0.717) is 11.2 Å². The quantitative estimate of drug-likeness (QED) is 0.650. The number of carbonyl (C=O) groups excluding carboxylic acids is 2. The molecule has 0 unspecified atom stereocenters. The average molecular weight is 302 g/mol. The predicted molar refractivity (Wildman–Crippen MR) is 80.3 cm³/mol. The molecule has 22 heavy (non-hydrogen) atoms. The van der Waals surface area contributed by atoms with E-state index in [-0.39, 0.29) is 11.3 Å². The molecule has 1 heterocycles. The van der Waals surface area contributed by atoms with Crippen molar-refractivity contribution >= 4 is 28.5 Å². The molecule has 7 nitrogen and oxygen atoms in total. The van der Waals surface area contributed by atoms with Crippen LogP contribution >= 0.6 is 0 Å². The highest BCUT2D eigenvalue weighted by Gasteiger charge is 2.13. The molecular weight excluding hydrogens is 288 g/mol. The maximum atomic E-state index is 11.7. The van der Waals surface area contributed by atoms with Crippen molar-refractivity contribution in [3.05, 3.63) is 52.5 Å². The molecule has 0 bridgehead atoms.